The molecule has 2 aromatic rings. The predicted octanol–water partition coefficient (Wildman–Crippen LogP) is 2.32. The van der Waals surface area contributed by atoms with Gasteiger partial charge in [-0.3, -0.25) is 10.1 Å². The van der Waals surface area contributed by atoms with E-state index in [9.17, 15) is 4.79 Å². The van der Waals surface area contributed by atoms with Crippen molar-refractivity contribution in [1.29, 1.82) is 0 Å². The first-order valence-electron chi connectivity index (χ1n) is 6.15. The summed E-state index contributed by atoms with van der Waals surface area (Å²) in [4.78, 5) is 17.7. The molecule has 0 spiro atoms. The summed E-state index contributed by atoms with van der Waals surface area (Å²) in [5.41, 5.74) is 7.49. The normalized spacial score (nSPS) is 9.75. The number of nitrogens with zero attached hydrogens (tertiary/aromatic N) is 1. The number of aryl methyl sites for hydroxylation is 2. The Hall–Kier alpha value is -2.16. The van der Waals surface area contributed by atoms with Crippen LogP contribution in [-0.4, -0.2) is 17.4 Å². The first-order chi connectivity index (χ1) is 9.61. The second-order valence-electron chi connectivity index (χ2n) is 4.17. The predicted molar refractivity (Wildman–Crippen MR) is 81.9 cm³/mol. The summed E-state index contributed by atoms with van der Waals surface area (Å²) < 4.78 is 0. The molecule has 4 nitrogen and oxygen atoms in total. The van der Waals surface area contributed by atoms with Crippen LogP contribution in [0.3, 0.4) is 0 Å². The van der Waals surface area contributed by atoms with Gasteiger partial charge in [0.1, 0.15) is 0 Å². The van der Waals surface area contributed by atoms with Gasteiger partial charge in [-0.1, -0.05) is 24.0 Å². The molecule has 102 valence electrons. The Kier molecular flexibility index (Phi) is 4.51. The SMILES string of the molecule is Cc1nc(NC(=O)c2ccccc2C#CCN)sc1C. The number of hydrogen-bond donors (Lipinski definition) is 2. The molecule has 0 atom stereocenters. The quantitative estimate of drug-likeness (QED) is 0.832. The highest BCUT2D eigenvalue weighted by atomic mass is 32.1. The molecular weight excluding hydrogens is 270 g/mol. The lowest BCUT2D eigenvalue weighted by atomic mass is 10.1. The molecule has 0 saturated carbocycles. The second-order valence-corrected chi connectivity index (χ2v) is 5.37. The maximum absolute atomic E-state index is 12.3. The van der Waals surface area contributed by atoms with Crippen molar-refractivity contribution in [1.82, 2.24) is 4.98 Å². The van der Waals surface area contributed by atoms with Crippen LogP contribution in [0.5, 0.6) is 0 Å². The van der Waals surface area contributed by atoms with Gasteiger partial charge >= 0.3 is 0 Å². The molecule has 1 amide bonds. The van der Waals surface area contributed by atoms with Crippen LogP contribution in [0.15, 0.2) is 24.3 Å². The summed E-state index contributed by atoms with van der Waals surface area (Å²) in [6.07, 6.45) is 0. The lowest BCUT2D eigenvalue weighted by Crippen LogP contribution is -2.13. The van der Waals surface area contributed by atoms with E-state index in [2.05, 4.69) is 22.1 Å². The molecular formula is C15H15N3OS. The van der Waals surface area contributed by atoms with Crippen molar-refractivity contribution in [2.45, 2.75) is 13.8 Å². The van der Waals surface area contributed by atoms with E-state index in [-0.39, 0.29) is 12.5 Å². The number of nitrogens with one attached hydrogen (secondary N) is 1. The Bertz CT molecular complexity index is 675. The molecule has 0 aliphatic carbocycles. The lowest BCUT2D eigenvalue weighted by molar-refractivity contribution is 0.102. The van der Waals surface area contributed by atoms with Gasteiger partial charge in [-0.2, -0.15) is 0 Å². The topological polar surface area (TPSA) is 68.0 Å². The third-order valence-electron chi connectivity index (χ3n) is 2.75. The second kappa shape index (κ2) is 6.33. The molecule has 0 aliphatic rings. The standard InChI is InChI=1S/C15H15N3OS/c1-10-11(2)20-15(17-10)18-14(19)13-8-4-3-6-12(13)7-5-9-16/h3-4,6,8H,9,16H2,1-2H3,(H,17,18,19). The van der Waals surface area contributed by atoms with Crippen LogP contribution in [0.1, 0.15) is 26.5 Å². The highest BCUT2D eigenvalue weighted by Crippen LogP contribution is 2.22. The average molecular weight is 285 g/mol. The third kappa shape index (κ3) is 3.23. The Morgan fingerprint density at radius 1 is 1.40 bits per heavy atom. The number of carbonyl (C=O) groups excluding carboxylic acids is 1. The maximum atomic E-state index is 12.3. The van der Waals surface area contributed by atoms with E-state index in [1.165, 1.54) is 11.3 Å². The number of carbonyl (C=O) groups is 1. The van der Waals surface area contributed by atoms with E-state index in [0.717, 1.165) is 10.6 Å². The molecule has 0 aliphatic heterocycles. The molecule has 0 radical (unpaired) electrons. The van der Waals surface area contributed by atoms with Crippen LogP contribution >= 0.6 is 11.3 Å². The van der Waals surface area contributed by atoms with Gasteiger partial charge in [-0.05, 0) is 26.0 Å². The third-order valence-corrected chi connectivity index (χ3v) is 3.73. The first-order valence-corrected chi connectivity index (χ1v) is 6.97. The van der Waals surface area contributed by atoms with Crippen LogP contribution in [0, 0.1) is 25.7 Å². The number of rotatable bonds is 2. The number of aromatic nitrogens is 1. The monoisotopic (exact) mass is 285 g/mol. The molecule has 0 saturated heterocycles. The van der Waals surface area contributed by atoms with E-state index in [1.54, 1.807) is 18.2 Å². The van der Waals surface area contributed by atoms with Crippen LogP contribution in [0.2, 0.25) is 0 Å². The minimum Gasteiger partial charge on any atom is -0.320 e. The molecule has 20 heavy (non-hydrogen) atoms. The van der Waals surface area contributed by atoms with Crippen LogP contribution in [-0.2, 0) is 0 Å². The highest BCUT2D eigenvalue weighted by Gasteiger charge is 2.12. The maximum Gasteiger partial charge on any atom is 0.258 e. The van der Waals surface area contributed by atoms with Gasteiger partial charge in [0, 0.05) is 10.4 Å². The number of anilines is 1. The van der Waals surface area contributed by atoms with Crippen molar-refractivity contribution in [2.75, 3.05) is 11.9 Å². The Labute approximate surface area is 122 Å². The number of amides is 1. The molecule has 3 N–H and O–H groups in total. The minimum atomic E-state index is -0.208. The van der Waals surface area contributed by atoms with Gasteiger partial charge in [-0.25, -0.2) is 4.98 Å². The summed E-state index contributed by atoms with van der Waals surface area (Å²) in [5, 5.41) is 3.41. The molecule has 1 aromatic heterocycles. The Morgan fingerprint density at radius 3 is 2.80 bits per heavy atom. The van der Waals surface area contributed by atoms with Crippen molar-refractivity contribution in [3.05, 3.63) is 46.0 Å². The van der Waals surface area contributed by atoms with Crippen molar-refractivity contribution < 1.29 is 4.79 Å². The van der Waals surface area contributed by atoms with E-state index in [0.29, 0.717) is 16.3 Å². The summed E-state index contributed by atoms with van der Waals surface area (Å²) in [7, 11) is 0. The number of nitrogens with two attached hydrogens (primary N) is 1. The fourth-order valence-corrected chi connectivity index (χ4v) is 2.44. The number of thiazole rings is 1. The fourth-order valence-electron chi connectivity index (χ4n) is 1.63. The molecule has 1 aromatic carbocycles. The zero-order valence-corrected chi connectivity index (χ0v) is 12.2. The van der Waals surface area contributed by atoms with E-state index in [4.69, 9.17) is 5.73 Å². The summed E-state index contributed by atoms with van der Waals surface area (Å²) in [5.74, 6) is 5.46. The largest absolute Gasteiger partial charge is 0.320 e. The lowest BCUT2D eigenvalue weighted by Gasteiger charge is -2.04. The van der Waals surface area contributed by atoms with Gasteiger partial charge in [0.2, 0.25) is 0 Å². The van der Waals surface area contributed by atoms with E-state index < -0.39 is 0 Å². The van der Waals surface area contributed by atoms with Gasteiger partial charge in [0.15, 0.2) is 5.13 Å². The number of hydrogen-bond acceptors (Lipinski definition) is 4. The Morgan fingerprint density at radius 2 is 2.15 bits per heavy atom. The van der Waals surface area contributed by atoms with Gasteiger partial charge in [0.25, 0.3) is 5.91 Å². The van der Waals surface area contributed by atoms with Gasteiger partial charge < -0.3 is 5.73 Å². The van der Waals surface area contributed by atoms with Crippen LogP contribution in [0.4, 0.5) is 5.13 Å². The molecule has 0 bridgehead atoms. The molecule has 0 fully saturated rings. The zero-order valence-electron chi connectivity index (χ0n) is 11.4. The van der Waals surface area contributed by atoms with Crippen LogP contribution < -0.4 is 11.1 Å². The average Bonchev–Trinajstić information content (AvgIpc) is 2.75. The van der Waals surface area contributed by atoms with Gasteiger partial charge in [-0.15, -0.1) is 11.3 Å². The molecule has 1 heterocycles. The highest BCUT2D eigenvalue weighted by molar-refractivity contribution is 7.15. The smallest absolute Gasteiger partial charge is 0.258 e. The van der Waals surface area contributed by atoms with Crippen molar-refractivity contribution >= 4 is 22.4 Å². The first kappa shape index (κ1) is 14.3. The van der Waals surface area contributed by atoms with Crippen LogP contribution in [0.25, 0.3) is 0 Å². The summed E-state index contributed by atoms with van der Waals surface area (Å²) in [6.45, 7) is 4.16. The van der Waals surface area contributed by atoms with Gasteiger partial charge in [0.05, 0.1) is 17.8 Å². The van der Waals surface area contributed by atoms with E-state index >= 15 is 0 Å². The molecule has 2 rings (SSSR count). The Balaban J connectivity index is 2.25. The minimum absolute atomic E-state index is 0.208. The summed E-state index contributed by atoms with van der Waals surface area (Å²) >= 11 is 1.46. The fraction of sp³-hybridized carbons (Fsp3) is 0.200. The molecule has 0 unspecified atom stereocenters. The van der Waals surface area contributed by atoms with E-state index in [1.807, 2.05) is 19.9 Å². The van der Waals surface area contributed by atoms with Crippen molar-refractivity contribution in [2.24, 2.45) is 5.73 Å². The number of benzene rings is 1. The molecule has 5 heteroatoms. The zero-order chi connectivity index (χ0) is 14.5. The van der Waals surface area contributed by atoms with Crippen molar-refractivity contribution in [3.63, 3.8) is 0 Å². The van der Waals surface area contributed by atoms with Crippen molar-refractivity contribution in [3.8, 4) is 11.8 Å². The summed E-state index contributed by atoms with van der Waals surface area (Å²) in [6, 6.07) is 7.19.